The number of fused-ring (bicyclic) bond motifs is 1. The van der Waals surface area contributed by atoms with Gasteiger partial charge < -0.3 is 0 Å². The molecular weight excluding hydrogens is 164 g/mol. The Morgan fingerprint density at radius 1 is 1.17 bits per heavy atom. The van der Waals surface area contributed by atoms with Crippen LogP contribution in [0.4, 0.5) is 0 Å². The number of hydrogen-bond acceptors (Lipinski definition) is 1. The molecule has 0 radical (unpaired) electrons. The third-order valence-electron chi connectivity index (χ3n) is 2.42. The van der Waals surface area contributed by atoms with Crippen molar-refractivity contribution in [3.8, 4) is 0 Å². The maximum atomic E-state index is 5.23. The van der Waals surface area contributed by atoms with E-state index in [0.29, 0.717) is 0 Å². The summed E-state index contributed by atoms with van der Waals surface area (Å²) in [5.41, 5.74) is 4.29. The lowest BCUT2D eigenvalue weighted by molar-refractivity contribution is 0.963. The number of rotatable bonds is 0. The van der Waals surface area contributed by atoms with Crippen LogP contribution in [-0.4, -0.2) is 4.86 Å². The van der Waals surface area contributed by atoms with Gasteiger partial charge in [-0.05, 0) is 35.8 Å². The third-order valence-corrected chi connectivity index (χ3v) is 2.77. The van der Waals surface area contributed by atoms with Crippen molar-refractivity contribution in [2.45, 2.75) is 26.2 Å². The molecule has 0 saturated heterocycles. The van der Waals surface area contributed by atoms with Crippen molar-refractivity contribution in [3.63, 3.8) is 0 Å². The average molecular weight is 176 g/mol. The zero-order valence-electron chi connectivity index (χ0n) is 7.26. The van der Waals surface area contributed by atoms with Crippen LogP contribution in [0.1, 0.15) is 23.1 Å². The Balaban J connectivity index is 2.44. The van der Waals surface area contributed by atoms with Crippen LogP contribution in [0.3, 0.4) is 0 Å². The molecule has 0 unspecified atom stereocenters. The predicted octanol–water partition coefficient (Wildman–Crippen LogP) is 2.85. The van der Waals surface area contributed by atoms with Gasteiger partial charge in [-0.1, -0.05) is 36.0 Å². The van der Waals surface area contributed by atoms with Gasteiger partial charge in [0.15, 0.2) is 0 Å². The van der Waals surface area contributed by atoms with Crippen LogP contribution in [0.5, 0.6) is 0 Å². The fourth-order valence-electron chi connectivity index (χ4n) is 1.74. The minimum atomic E-state index is 1.02. The van der Waals surface area contributed by atoms with E-state index in [4.69, 9.17) is 12.2 Å². The second kappa shape index (κ2) is 2.98. The smallest absolute Gasteiger partial charge is 0.00411 e. The summed E-state index contributed by atoms with van der Waals surface area (Å²) in [6, 6.07) is 6.69. The predicted molar refractivity (Wildman–Crippen MR) is 55.8 cm³/mol. The fourth-order valence-corrected chi connectivity index (χ4v) is 2.00. The van der Waals surface area contributed by atoms with Crippen LogP contribution >= 0.6 is 12.2 Å². The molecule has 0 aliphatic heterocycles. The Kier molecular flexibility index (Phi) is 1.97. The number of aryl methyl sites for hydroxylation is 2. The lowest BCUT2D eigenvalue weighted by Gasteiger charge is -2.16. The van der Waals surface area contributed by atoms with Gasteiger partial charge in [0.25, 0.3) is 0 Å². The second-order valence-corrected chi connectivity index (χ2v) is 4.06. The van der Waals surface area contributed by atoms with Crippen molar-refractivity contribution in [3.05, 3.63) is 34.9 Å². The quantitative estimate of drug-likeness (QED) is 0.548. The summed E-state index contributed by atoms with van der Waals surface area (Å²) < 4.78 is 0. The Morgan fingerprint density at radius 3 is 2.83 bits per heavy atom. The molecule has 1 aliphatic rings. The maximum absolute atomic E-state index is 5.23. The Morgan fingerprint density at radius 2 is 2.00 bits per heavy atom. The van der Waals surface area contributed by atoms with Crippen LogP contribution in [0.15, 0.2) is 18.2 Å². The zero-order valence-corrected chi connectivity index (χ0v) is 8.08. The summed E-state index contributed by atoms with van der Waals surface area (Å²) >= 11 is 5.23. The minimum absolute atomic E-state index is 1.02. The van der Waals surface area contributed by atoms with Gasteiger partial charge in [-0.25, -0.2) is 0 Å². The van der Waals surface area contributed by atoms with Crippen LogP contribution in [0.25, 0.3) is 0 Å². The van der Waals surface area contributed by atoms with Gasteiger partial charge >= 0.3 is 0 Å². The van der Waals surface area contributed by atoms with Crippen LogP contribution in [-0.2, 0) is 12.8 Å². The van der Waals surface area contributed by atoms with Gasteiger partial charge in [-0.2, -0.15) is 0 Å². The van der Waals surface area contributed by atoms with Gasteiger partial charge in [0.2, 0.25) is 0 Å². The minimum Gasteiger partial charge on any atom is -0.0893 e. The van der Waals surface area contributed by atoms with E-state index >= 15 is 0 Å². The molecule has 0 amide bonds. The standard InChI is InChI=1S/C11H12S/c1-8-2-3-9-4-5-11(12)7-10(9)6-8/h2-3,6H,4-5,7H2,1H3. The molecule has 12 heavy (non-hydrogen) atoms. The van der Waals surface area contributed by atoms with Crippen molar-refractivity contribution in [1.29, 1.82) is 0 Å². The SMILES string of the molecule is Cc1ccc2c(c1)CC(=S)CC2. The lowest BCUT2D eigenvalue weighted by atomic mass is 9.90. The lowest BCUT2D eigenvalue weighted by Crippen LogP contribution is -2.11. The summed E-state index contributed by atoms with van der Waals surface area (Å²) in [6.07, 6.45) is 3.27. The molecule has 2 rings (SSSR count). The van der Waals surface area contributed by atoms with E-state index in [-0.39, 0.29) is 0 Å². The molecule has 0 atom stereocenters. The van der Waals surface area contributed by atoms with E-state index in [1.54, 1.807) is 0 Å². The molecular formula is C11H12S. The van der Waals surface area contributed by atoms with Crippen LogP contribution < -0.4 is 0 Å². The fraction of sp³-hybridized carbons (Fsp3) is 0.364. The third kappa shape index (κ3) is 1.42. The number of thiocarbonyl (C=S) groups is 1. The van der Waals surface area contributed by atoms with Crippen LogP contribution in [0, 0.1) is 6.92 Å². The summed E-state index contributed by atoms with van der Waals surface area (Å²) in [4.78, 5) is 1.22. The summed E-state index contributed by atoms with van der Waals surface area (Å²) in [5.74, 6) is 0. The van der Waals surface area contributed by atoms with E-state index in [1.807, 2.05) is 0 Å². The van der Waals surface area contributed by atoms with Gasteiger partial charge in [-0.3, -0.25) is 0 Å². The molecule has 0 nitrogen and oxygen atoms in total. The second-order valence-electron chi connectivity index (χ2n) is 3.49. The topological polar surface area (TPSA) is 0 Å². The van der Waals surface area contributed by atoms with E-state index in [2.05, 4.69) is 25.1 Å². The van der Waals surface area contributed by atoms with E-state index in [1.165, 1.54) is 21.6 Å². The molecule has 1 aromatic carbocycles. The summed E-state index contributed by atoms with van der Waals surface area (Å²) in [7, 11) is 0. The zero-order chi connectivity index (χ0) is 8.55. The van der Waals surface area contributed by atoms with Gasteiger partial charge in [0.1, 0.15) is 0 Å². The van der Waals surface area contributed by atoms with Gasteiger partial charge in [-0.15, -0.1) is 0 Å². The molecule has 0 saturated carbocycles. The van der Waals surface area contributed by atoms with Crippen LogP contribution in [0.2, 0.25) is 0 Å². The molecule has 0 spiro atoms. The van der Waals surface area contributed by atoms with Crippen molar-refractivity contribution >= 4 is 17.1 Å². The van der Waals surface area contributed by atoms with Crippen molar-refractivity contribution in [1.82, 2.24) is 0 Å². The van der Waals surface area contributed by atoms with Crippen molar-refractivity contribution in [2.75, 3.05) is 0 Å². The summed E-state index contributed by atoms with van der Waals surface area (Å²) in [6.45, 7) is 2.14. The number of hydrogen-bond donors (Lipinski definition) is 0. The molecule has 0 fully saturated rings. The monoisotopic (exact) mass is 176 g/mol. The Bertz CT molecular complexity index is 326. The maximum Gasteiger partial charge on any atom is 0.00411 e. The van der Waals surface area contributed by atoms with Gasteiger partial charge in [0.05, 0.1) is 0 Å². The average Bonchev–Trinajstić information content (AvgIpc) is 2.03. The first-order valence-electron chi connectivity index (χ1n) is 4.36. The van der Waals surface area contributed by atoms with E-state index in [0.717, 1.165) is 19.3 Å². The largest absolute Gasteiger partial charge is 0.0893 e. The molecule has 1 heteroatoms. The molecule has 0 N–H and O–H groups in total. The molecule has 0 bridgehead atoms. The Hall–Kier alpha value is -0.690. The molecule has 0 aromatic heterocycles. The van der Waals surface area contributed by atoms with E-state index in [9.17, 15) is 0 Å². The highest BCUT2D eigenvalue weighted by atomic mass is 32.1. The molecule has 1 aliphatic carbocycles. The highest BCUT2D eigenvalue weighted by Crippen LogP contribution is 2.20. The first-order chi connectivity index (χ1) is 5.75. The molecule has 62 valence electrons. The Labute approximate surface area is 78.6 Å². The van der Waals surface area contributed by atoms with E-state index < -0.39 is 0 Å². The number of benzene rings is 1. The highest BCUT2D eigenvalue weighted by molar-refractivity contribution is 7.80. The normalized spacial score (nSPS) is 15.9. The first-order valence-corrected chi connectivity index (χ1v) is 4.76. The van der Waals surface area contributed by atoms with Crippen molar-refractivity contribution in [2.24, 2.45) is 0 Å². The van der Waals surface area contributed by atoms with Crippen molar-refractivity contribution < 1.29 is 0 Å². The molecule has 1 aromatic rings. The van der Waals surface area contributed by atoms with Gasteiger partial charge in [0, 0.05) is 6.42 Å². The highest BCUT2D eigenvalue weighted by Gasteiger charge is 2.11. The molecule has 0 heterocycles. The summed E-state index contributed by atoms with van der Waals surface area (Å²) in [5, 5.41) is 0. The first kappa shape index (κ1) is 7.93.